The molecule has 0 radical (unpaired) electrons. The molecule has 0 aliphatic heterocycles. The van der Waals surface area contributed by atoms with Crippen LogP contribution in [0.15, 0.2) is 97.1 Å². The Kier molecular flexibility index (Phi) is 8.65. The third kappa shape index (κ3) is 6.42. The average Bonchev–Trinajstić information content (AvgIpc) is 3.40. The first kappa shape index (κ1) is 27.9. The normalized spacial score (nSPS) is 10.8. The van der Waals surface area contributed by atoms with Crippen molar-refractivity contribution >= 4 is 17.6 Å². The molecule has 0 bridgehead atoms. The minimum atomic E-state index is -0.396. The van der Waals surface area contributed by atoms with Crippen molar-refractivity contribution in [3.8, 4) is 45.1 Å². The second kappa shape index (κ2) is 12.7. The summed E-state index contributed by atoms with van der Waals surface area (Å²) >= 11 is 6.52. The van der Waals surface area contributed by atoms with Crippen LogP contribution in [-0.2, 0) is 11.3 Å². The van der Waals surface area contributed by atoms with E-state index in [0.29, 0.717) is 52.2 Å². The molecule has 5 aromatic rings. The minimum absolute atomic E-state index is 0.279. The van der Waals surface area contributed by atoms with Crippen molar-refractivity contribution in [3.63, 3.8) is 0 Å². The average molecular weight is 571 g/mol. The SMILES string of the molecule is CCOc1cc(-c2ccc(C(=O)OC)cc2)nn1CCOc1ccc(-c2ccc(-c3ccccc3)cc2F)cc1Cl. The van der Waals surface area contributed by atoms with E-state index in [-0.39, 0.29) is 12.4 Å². The van der Waals surface area contributed by atoms with Gasteiger partial charge in [0.1, 0.15) is 18.2 Å². The number of esters is 1. The lowest BCUT2D eigenvalue weighted by atomic mass is 9.99. The second-order valence-electron chi connectivity index (χ2n) is 9.15. The number of halogens is 2. The van der Waals surface area contributed by atoms with Crippen LogP contribution < -0.4 is 9.47 Å². The Labute approximate surface area is 242 Å². The monoisotopic (exact) mass is 570 g/mol. The van der Waals surface area contributed by atoms with Crippen molar-refractivity contribution in [2.75, 3.05) is 20.3 Å². The van der Waals surface area contributed by atoms with E-state index in [9.17, 15) is 4.79 Å². The van der Waals surface area contributed by atoms with Gasteiger partial charge in [0.25, 0.3) is 0 Å². The van der Waals surface area contributed by atoms with Gasteiger partial charge in [-0.05, 0) is 53.9 Å². The van der Waals surface area contributed by atoms with E-state index in [2.05, 4.69) is 5.10 Å². The van der Waals surface area contributed by atoms with Gasteiger partial charge >= 0.3 is 5.97 Å². The Morgan fingerprint density at radius 3 is 2.27 bits per heavy atom. The molecule has 41 heavy (non-hydrogen) atoms. The maximum Gasteiger partial charge on any atom is 0.337 e. The zero-order chi connectivity index (χ0) is 28.8. The fourth-order valence-corrected chi connectivity index (χ4v) is 4.68. The fourth-order valence-electron chi connectivity index (χ4n) is 4.45. The third-order valence-electron chi connectivity index (χ3n) is 6.52. The standard InChI is InChI=1S/C33H28ClFN2O4/c1-3-40-32-21-30(23-9-11-24(12-10-23)33(38)39-2)36-37(32)17-18-41-31-16-14-26(19-28(31)34)27-15-13-25(20-29(27)35)22-7-5-4-6-8-22/h4-16,19-21H,3,17-18H2,1-2H3. The summed E-state index contributed by atoms with van der Waals surface area (Å²) in [7, 11) is 1.35. The summed E-state index contributed by atoms with van der Waals surface area (Å²) < 4.78 is 33.2. The molecule has 0 saturated heterocycles. The van der Waals surface area contributed by atoms with Crippen molar-refractivity contribution in [1.82, 2.24) is 9.78 Å². The van der Waals surface area contributed by atoms with Gasteiger partial charge in [0, 0.05) is 17.2 Å². The highest BCUT2D eigenvalue weighted by molar-refractivity contribution is 6.32. The lowest BCUT2D eigenvalue weighted by Crippen LogP contribution is -2.11. The predicted octanol–water partition coefficient (Wildman–Crippen LogP) is 7.94. The first-order chi connectivity index (χ1) is 20.0. The summed E-state index contributed by atoms with van der Waals surface area (Å²) in [6.45, 7) is 3.06. The minimum Gasteiger partial charge on any atom is -0.490 e. The van der Waals surface area contributed by atoms with E-state index in [0.717, 1.165) is 16.7 Å². The summed E-state index contributed by atoms with van der Waals surface area (Å²) in [4.78, 5) is 11.7. The Morgan fingerprint density at radius 2 is 1.59 bits per heavy atom. The third-order valence-corrected chi connectivity index (χ3v) is 6.81. The molecule has 0 aliphatic carbocycles. The molecular weight excluding hydrogens is 543 g/mol. The number of nitrogens with zero attached hydrogens (tertiary/aromatic N) is 2. The largest absolute Gasteiger partial charge is 0.490 e. The number of aromatic nitrogens is 2. The van der Waals surface area contributed by atoms with E-state index in [1.807, 2.05) is 61.5 Å². The van der Waals surface area contributed by atoms with E-state index in [1.54, 1.807) is 41.1 Å². The Balaban J connectivity index is 1.26. The summed E-state index contributed by atoms with van der Waals surface area (Å²) in [6, 6.07) is 28.9. The van der Waals surface area contributed by atoms with Crippen LogP contribution in [0.4, 0.5) is 4.39 Å². The van der Waals surface area contributed by atoms with Crippen molar-refractivity contribution in [1.29, 1.82) is 0 Å². The molecule has 0 N–H and O–H groups in total. The Morgan fingerprint density at radius 1 is 0.854 bits per heavy atom. The number of ether oxygens (including phenoxy) is 3. The molecule has 5 rings (SSSR count). The number of carbonyl (C=O) groups is 1. The lowest BCUT2D eigenvalue weighted by molar-refractivity contribution is 0.0600. The molecule has 0 fully saturated rings. The van der Waals surface area contributed by atoms with Gasteiger partial charge in [-0.25, -0.2) is 13.9 Å². The molecule has 0 unspecified atom stereocenters. The highest BCUT2D eigenvalue weighted by Crippen LogP contribution is 2.33. The number of benzene rings is 4. The smallest absolute Gasteiger partial charge is 0.337 e. The highest BCUT2D eigenvalue weighted by Gasteiger charge is 2.14. The summed E-state index contributed by atoms with van der Waals surface area (Å²) in [6.07, 6.45) is 0. The Hall–Kier alpha value is -4.62. The van der Waals surface area contributed by atoms with Gasteiger partial charge in [-0.2, -0.15) is 5.10 Å². The molecule has 0 spiro atoms. The zero-order valence-electron chi connectivity index (χ0n) is 22.6. The van der Waals surface area contributed by atoms with Gasteiger partial charge < -0.3 is 14.2 Å². The molecule has 0 atom stereocenters. The van der Waals surface area contributed by atoms with Crippen LogP contribution in [0, 0.1) is 5.82 Å². The summed E-state index contributed by atoms with van der Waals surface area (Å²) in [5.74, 6) is 0.362. The molecule has 0 saturated carbocycles. The maximum atomic E-state index is 15.0. The van der Waals surface area contributed by atoms with Crippen LogP contribution in [0.25, 0.3) is 33.5 Å². The number of carbonyl (C=O) groups excluding carboxylic acids is 1. The van der Waals surface area contributed by atoms with Crippen LogP contribution in [0.1, 0.15) is 17.3 Å². The Bertz CT molecular complexity index is 1650. The first-order valence-corrected chi connectivity index (χ1v) is 13.5. The molecule has 4 aromatic carbocycles. The quantitative estimate of drug-likeness (QED) is 0.159. The van der Waals surface area contributed by atoms with Crippen LogP contribution >= 0.6 is 11.6 Å². The molecular formula is C33H28ClFN2O4. The molecule has 8 heteroatoms. The summed E-state index contributed by atoms with van der Waals surface area (Å²) in [5.41, 5.74) is 4.88. The van der Waals surface area contributed by atoms with Crippen molar-refractivity contribution in [2.45, 2.75) is 13.5 Å². The number of rotatable bonds is 10. The van der Waals surface area contributed by atoms with E-state index in [4.69, 9.17) is 25.8 Å². The van der Waals surface area contributed by atoms with E-state index in [1.165, 1.54) is 13.2 Å². The molecule has 1 heterocycles. The second-order valence-corrected chi connectivity index (χ2v) is 9.55. The molecule has 0 aliphatic rings. The van der Waals surface area contributed by atoms with Gasteiger partial charge in [-0.15, -0.1) is 0 Å². The first-order valence-electron chi connectivity index (χ1n) is 13.1. The maximum absolute atomic E-state index is 15.0. The van der Waals surface area contributed by atoms with E-state index >= 15 is 4.39 Å². The topological polar surface area (TPSA) is 62.6 Å². The van der Waals surface area contributed by atoms with Crippen LogP contribution in [0.5, 0.6) is 11.6 Å². The molecule has 6 nitrogen and oxygen atoms in total. The molecule has 0 amide bonds. The van der Waals surface area contributed by atoms with Crippen molar-refractivity contribution < 1.29 is 23.4 Å². The number of hydrogen-bond donors (Lipinski definition) is 0. The van der Waals surface area contributed by atoms with E-state index < -0.39 is 5.97 Å². The van der Waals surface area contributed by atoms with Crippen molar-refractivity contribution in [3.05, 3.63) is 113 Å². The fraction of sp³-hybridized carbons (Fsp3) is 0.152. The number of methoxy groups -OCH3 is 1. The van der Waals surface area contributed by atoms with Gasteiger partial charge in [0.2, 0.25) is 5.88 Å². The van der Waals surface area contributed by atoms with Crippen LogP contribution in [0.2, 0.25) is 5.02 Å². The van der Waals surface area contributed by atoms with Crippen LogP contribution in [0.3, 0.4) is 0 Å². The van der Waals surface area contributed by atoms with Crippen molar-refractivity contribution in [2.24, 2.45) is 0 Å². The lowest BCUT2D eigenvalue weighted by Gasteiger charge is -2.12. The van der Waals surface area contributed by atoms with Gasteiger partial charge in [0.15, 0.2) is 0 Å². The van der Waals surface area contributed by atoms with Gasteiger partial charge in [0.05, 0.1) is 36.5 Å². The van der Waals surface area contributed by atoms with Gasteiger partial charge in [-0.1, -0.05) is 72.3 Å². The predicted molar refractivity (Wildman–Crippen MR) is 158 cm³/mol. The highest BCUT2D eigenvalue weighted by atomic mass is 35.5. The van der Waals surface area contributed by atoms with Gasteiger partial charge in [-0.3, -0.25) is 0 Å². The number of hydrogen-bond acceptors (Lipinski definition) is 5. The zero-order valence-corrected chi connectivity index (χ0v) is 23.4. The molecule has 208 valence electrons. The molecule has 1 aromatic heterocycles. The van der Waals surface area contributed by atoms with Crippen LogP contribution in [-0.4, -0.2) is 36.1 Å². The summed E-state index contributed by atoms with van der Waals surface area (Å²) in [5, 5.41) is 5.04.